The molecule has 2 heterocycles. The fourth-order valence-electron chi connectivity index (χ4n) is 3.79. The molecule has 32 heavy (non-hydrogen) atoms. The van der Waals surface area contributed by atoms with Gasteiger partial charge in [-0.25, -0.2) is 9.97 Å². The number of aryl methyl sites for hydroxylation is 1. The lowest BCUT2D eigenvalue weighted by molar-refractivity contribution is 0.254. The number of rotatable bonds is 9. The van der Waals surface area contributed by atoms with E-state index in [9.17, 15) is 0 Å². The normalized spacial score (nSPS) is 15.7. The monoisotopic (exact) mass is 551 g/mol. The topological polar surface area (TPSA) is 68.7 Å². The number of hydrogen-bond acceptors (Lipinski definition) is 5. The zero-order valence-electron chi connectivity index (χ0n) is 19.6. The Morgan fingerprint density at radius 3 is 2.53 bits per heavy atom. The van der Waals surface area contributed by atoms with Crippen LogP contribution in [0.3, 0.4) is 0 Å². The molecule has 0 spiro atoms. The Morgan fingerprint density at radius 2 is 1.84 bits per heavy atom. The lowest BCUT2D eigenvalue weighted by Crippen LogP contribution is -2.47. The smallest absolute Gasteiger partial charge is 0.225 e. The molecule has 1 aliphatic rings. The van der Waals surface area contributed by atoms with E-state index in [0.717, 1.165) is 70.7 Å². The van der Waals surface area contributed by atoms with Crippen molar-refractivity contribution >= 4 is 35.9 Å². The first-order valence-corrected chi connectivity index (χ1v) is 11.5. The maximum Gasteiger partial charge on any atom is 0.225 e. The molecule has 1 fully saturated rings. The van der Waals surface area contributed by atoms with Crippen LogP contribution < -0.4 is 15.5 Å². The van der Waals surface area contributed by atoms with E-state index < -0.39 is 0 Å². The molecule has 7 nitrogen and oxygen atoms in total. The van der Waals surface area contributed by atoms with Crippen LogP contribution in [0.1, 0.15) is 37.3 Å². The molecular formula is C24H38IN7. The van der Waals surface area contributed by atoms with Crippen LogP contribution in [0, 0.1) is 6.92 Å². The predicted octanol–water partition coefficient (Wildman–Crippen LogP) is 3.27. The molecule has 0 radical (unpaired) electrons. The average molecular weight is 552 g/mol. The van der Waals surface area contributed by atoms with Crippen molar-refractivity contribution in [3.8, 4) is 0 Å². The van der Waals surface area contributed by atoms with Crippen LogP contribution in [0.5, 0.6) is 0 Å². The van der Waals surface area contributed by atoms with Crippen LogP contribution in [0.25, 0.3) is 0 Å². The van der Waals surface area contributed by atoms with E-state index >= 15 is 0 Å². The number of benzene rings is 1. The Hall–Kier alpha value is -1.94. The fraction of sp³-hybridized carbons (Fsp3) is 0.542. The van der Waals surface area contributed by atoms with E-state index in [2.05, 4.69) is 75.4 Å². The molecule has 8 heteroatoms. The Bertz CT molecular complexity index is 807. The summed E-state index contributed by atoms with van der Waals surface area (Å²) in [5.74, 6) is 2.16. The molecule has 0 bridgehead atoms. The predicted molar refractivity (Wildman–Crippen MR) is 144 cm³/mol. The Morgan fingerprint density at radius 1 is 1.09 bits per heavy atom. The summed E-state index contributed by atoms with van der Waals surface area (Å²) in [6.45, 7) is 14.2. The highest BCUT2D eigenvalue weighted by Crippen LogP contribution is 2.16. The molecule has 1 aromatic carbocycles. The Balaban J connectivity index is 0.00000363. The molecule has 1 unspecified atom stereocenters. The van der Waals surface area contributed by atoms with Gasteiger partial charge in [0.1, 0.15) is 0 Å². The highest BCUT2D eigenvalue weighted by molar-refractivity contribution is 14.0. The molecule has 1 saturated heterocycles. The minimum Gasteiger partial charge on any atom is -0.357 e. The van der Waals surface area contributed by atoms with Gasteiger partial charge in [0, 0.05) is 64.1 Å². The van der Waals surface area contributed by atoms with Gasteiger partial charge in [-0.2, -0.15) is 0 Å². The molecule has 1 atom stereocenters. The fourth-order valence-corrected chi connectivity index (χ4v) is 3.79. The number of halogens is 1. The maximum atomic E-state index is 4.81. The van der Waals surface area contributed by atoms with Crippen molar-refractivity contribution in [2.45, 2.75) is 33.1 Å². The van der Waals surface area contributed by atoms with Crippen LogP contribution >= 0.6 is 24.0 Å². The quantitative estimate of drug-likeness (QED) is 0.216. The van der Waals surface area contributed by atoms with Gasteiger partial charge in [-0.3, -0.25) is 9.89 Å². The van der Waals surface area contributed by atoms with Crippen LogP contribution in [0.2, 0.25) is 0 Å². The summed E-state index contributed by atoms with van der Waals surface area (Å²) >= 11 is 0. The van der Waals surface area contributed by atoms with Crippen LogP contribution in [-0.2, 0) is 0 Å². The Labute approximate surface area is 210 Å². The van der Waals surface area contributed by atoms with E-state index in [0.29, 0.717) is 5.92 Å². The molecule has 3 rings (SSSR count). The first-order chi connectivity index (χ1) is 15.2. The molecule has 176 valence electrons. The van der Waals surface area contributed by atoms with E-state index in [1.54, 1.807) is 0 Å². The van der Waals surface area contributed by atoms with Gasteiger partial charge in [-0.1, -0.05) is 36.8 Å². The summed E-state index contributed by atoms with van der Waals surface area (Å²) in [6.07, 6.45) is 4.72. The van der Waals surface area contributed by atoms with E-state index in [4.69, 9.17) is 4.99 Å². The summed E-state index contributed by atoms with van der Waals surface area (Å²) in [5.41, 5.74) is 2.65. The van der Waals surface area contributed by atoms with Crippen molar-refractivity contribution < 1.29 is 0 Å². The Kier molecular flexibility index (Phi) is 11.7. The standard InChI is InChI=1S/C24H37N7.HI/c1-4-25-23(29-19-21(3)22-9-5-8-20(2)18-22)26-12-7-13-30-14-16-31(17-15-30)24-27-10-6-11-28-24;/h5-6,8-11,18,21H,4,7,12-17,19H2,1-3H3,(H2,25,26,29);1H. The average Bonchev–Trinajstić information content (AvgIpc) is 2.81. The third kappa shape index (κ3) is 8.54. The van der Waals surface area contributed by atoms with E-state index in [-0.39, 0.29) is 24.0 Å². The van der Waals surface area contributed by atoms with E-state index in [1.807, 2.05) is 18.5 Å². The summed E-state index contributed by atoms with van der Waals surface area (Å²) < 4.78 is 0. The largest absolute Gasteiger partial charge is 0.357 e. The number of nitrogens with one attached hydrogen (secondary N) is 2. The zero-order valence-corrected chi connectivity index (χ0v) is 22.0. The van der Waals surface area contributed by atoms with Crippen molar-refractivity contribution in [3.63, 3.8) is 0 Å². The lowest BCUT2D eigenvalue weighted by Gasteiger charge is -2.34. The van der Waals surface area contributed by atoms with Gasteiger partial charge in [-0.15, -0.1) is 24.0 Å². The molecular weight excluding hydrogens is 513 g/mol. The highest BCUT2D eigenvalue weighted by atomic mass is 127. The SMILES string of the molecule is CCNC(=NCC(C)c1cccc(C)c1)NCCCN1CCN(c2ncccn2)CC1.I. The van der Waals surface area contributed by atoms with Crippen LogP contribution in [0.15, 0.2) is 47.7 Å². The molecule has 0 amide bonds. The second-order valence-electron chi connectivity index (χ2n) is 8.19. The van der Waals surface area contributed by atoms with Crippen LogP contribution in [0.4, 0.5) is 5.95 Å². The van der Waals surface area contributed by atoms with Gasteiger partial charge in [0.2, 0.25) is 5.95 Å². The van der Waals surface area contributed by atoms with E-state index in [1.165, 1.54) is 11.1 Å². The number of hydrogen-bond donors (Lipinski definition) is 2. The van der Waals surface area contributed by atoms with Crippen molar-refractivity contribution in [1.82, 2.24) is 25.5 Å². The van der Waals surface area contributed by atoms with Gasteiger partial charge in [0.15, 0.2) is 5.96 Å². The van der Waals surface area contributed by atoms with Crippen molar-refractivity contribution in [2.24, 2.45) is 4.99 Å². The summed E-state index contributed by atoms with van der Waals surface area (Å²) in [5, 5.41) is 6.86. The molecule has 0 saturated carbocycles. The van der Waals surface area contributed by atoms with Crippen LogP contribution in [-0.4, -0.2) is 73.2 Å². The number of aliphatic imine (C=N–C) groups is 1. The minimum absolute atomic E-state index is 0. The number of guanidine groups is 1. The number of aromatic nitrogens is 2. The lowest BCUT2D eigenvalue weighted by atomic mass is 10.00. The second-order valence-corrected chi connectivity index (χ2v) is 8.19. The first kappa shape index (κ1) is 26.3. The molecule has 1 aliphatic heterocycles. The van der Waals surface area contributed by atoms with Gasteiger partial charge < -0.3 is 15.5 Å². The molecule has 1 aromatic heterocycles. The molecule has 2 N–H and O–H groups in total. The molecule has 2 aromatic rings. The second kappa shape index (κ2) is 14.3. The van der Waals surface area contributed by atoms with Gasteiger partial charge in [0.25, 0.3) is 0 Å². The summed E-state index contributed by atoms with van der Waals surface area (Å²) in [6, 6.07) is 10.6. The van der Waals surface area contributed by atoms with Gasteiger partial charge >= 0.3 is 0 Å². The zero-order chi connectivity index (χ0) is 21.9. The summed E-state index contributed by atoms with van der Waals surface area (Å²) in [4.78, 5) is 18.3. The molecule has 0 aliphatic carbocycles. The van der Waals surface area contributed by atoms with Gasteiger partial charge in [0.05, 0.1) is 0 Å². The minimum atomic E-state index is 0. The maximum absolute atomic E-state index is 4.81. The number of anilines is 1. The van der Waals surface area contributed by atoms with Gasteiger partial charge in [-0.05, 0) is 38.4 Å². The van der Waals surface area contributed by atoms with Crippen molar-refractivity contribution in [2.75, 3.05) is 57.3 Å². The summed E-state index contributed by atoms with van der Waals surface area (Å²) in [7, 11) is 0. The number of piperazine rings is 1. The first-order valence-electron chi connectivity index (χ1n) is 11.5. The number of nitrogens with zero attached hydrogens (tertiary/aromatic N) is 5. The third-order valence-corrected chi connectivity index (χ3v) is 5.63. The third-order valence-electron chi connectivity index (χ3n) is 5.63. The van der Waals surface area contributed by atoms with Crippen molar-refractivity contribution in [1.29, 1.82) is 0 Å². The van der Waals surface area contributed by atoms with Crippen molar-refractivity contribution in [3.05, 3.63) is 53.9 Å². The highest BCUT2D eigenvalue weighted by Gasteiger charge is 2.18.